The minimum Gasteiger partial charge on any atom is -0.326 e. The van der Waals surface area contributed by atoms with Crippen LogP contribution in [-0.4, -0.2) is 46.9 Å². The van der Waals surface area contributed by atoms with Crippen molar-refractivity contribution in [2.24, 2.45) is 5.10 Å². The number of carbonyl (C=O) groups is 3. The number of amidine groups is 1. The van der Waals surface area contributed by atoms with Crippen LogP contribution in [0.5, 0.6) is 0 Å². The van der Waals surface area contributed by atoms with Gasteiger partial charge in [-0.25, -0.2) is 13.4 Å². The summed E-state index contributed by atoms with van der Waals surface area (Å²) in [4.78, 5) is 33.1. The van der Waals surface area contributed by atoms with Crippen molar-refractivity contribution in [2.75, 3.05) is 11.1 Å². The number of nitrogens with zero attached hydrogens (tertiary/aromatic N) is 2. The number of nitrogens with one attached hydrogen (secondary N) is 2. The average Bonchev–Trinajstić information content (AvgIpc) is 2.81. The lowest BCUT2D eigenvalue weighted by molar-refractivity contribution is -0.131. The summed E-state index contributed by atoms with van der Waals surface area (Å²) in [5.74, 6) is -1.48. The highest BCUT2D eigenvalue weighted by molar-refractivity contribution is 8.15. The van der Waals surface area contributed by atoms with Gasteiger partial charge in [-0.15, -0.1) is 5.10 Å². The number of benzene rings is 1. The molecule has 1 aliphatic rings. The lowest BCUT2D eigenvalue weighted by Crippen LogP contribution is -2.45. The van der Waals surface area contributed by atoms with Crippen molar-refractivity contribution < 1.29 is 22.8 Å². The molecule has 1 aromatic carbocycles. The first-order valence-corrected chi connectivity index (χ1v) is 10.4. The summed E-state index contributed by atoms with van der Waals surface area (Å²) in [5.41, 5.74) is 0.476. The number of rotatable bonds is 4. The van der Waals surface area contributed by atoms with Gasteiger partial charge < -0.3 is 10.6 Å². The molecule has 11 heteroatoms. The molecule has 0 unspecified atom stereocenters. The van der Waals surface area contributed by atoms with Crippen molar-refractivity contribution in [1.29, 1.82) is 0 Å². The van der Waals surface area contributed by atoms with E-state index in [9.17, 15) is 22.8 Å². The van der Waals surface area contributed by atoms with Gasteiger partial charge in [0, 0.05) is 26.5 Å². The number of anilines is 1. The summed E-state index contributed by atoms with van der Waals surface area (Å²) in [6, 6.07) is 5.75. The number of hydrogen-bond acceptors (Lipinski definition) is 7. The number of carbonyl (C=O) groups excluding carboxylic acids is 3. The zero-order valence-electron chi connectivity index (χ0n) is 15.3. The van der Waals surface area contributed by atoms with Crippen LogP contribution < -0.4 is 10.6 Å². The van der Waals surface area contributed by atoms with Crippen molar-refractivity contribution in [3.8, 4) is 0 Å². The summed E-state index contributed by atoms with van der Waals surface area (Å²) in [7, 11) is -3.78. The smallest absolute Gasteiger partial charge is 0.240 e. The van der Waals surface area contributed by atoms with Gasteiger partial charge >= 0.3 is 0 Å². The maximum absolute atomic E-state index is 12.8. The summed E-state index contributed by atoms with van der Waals surface area (Å²) >= 11 is 0.998. The Morgan fingerprint density at radius 3 is 2.11 bits per heavy atom. The first-order chi connectivity index (χ1) is 12.4. The fraction of sp³-hybridized carbons (Fsp3) is 0.375. The Kier molecular flexibility index (Phi) is 5.95. The van der Waals surface area contributed by atoms with E-state index in [1.165, 1.54) is 45.0 Å². The lowest BCUT2D eigenvalue weighted by atomic mass is 10.3. The minimum atomic E-state index is -3.78. The Morgan fingerprint density at radius 1 is 1.07 bits per heavy atom. The molecular formula is C16H20N4O5S2. The Hall–Kier alpha value is -2.40. The molecule has 1 aromatic rings. The first kappa shape index (κ1) is 20.9. The van der Waals surface area contributed by atoms with Crippen molar-refractivity contribution in [3.63, 3.8) is 0 Å². The van der Waals surface area contributed by atoms with E-state index < -0.39 is 26.4 Å². The third-order valence-corrected chi connectivity index (χ3v) is 6.78. The van der Waals surface area contributed by atoms with Gasteiger partial charge in [0.2, 0.25) is 17.7 Å². The molecule has 1 heterocycles. The molecule has 0 fully saturated rings. The number of hydrazone groups is 1. The third-order valence-electron chi connectivity index (χ3n) is 3.53. The fourth-order valence-electron chi connectivity index (χ4n) is 2.55. The van der Waals surface area contributed by atoms with E-state index >= 15 is 0 Å². The molecule has 1 atom stereocenters. The van der Waals surface area contributed by atoms with Crippen LogP contribution in [-0.2, 0) is 24.2 Å². The van der Waals surface area contributed by atoms with Gasteiger partial charge in [0.05, 0.1) is 10.6 Å². The normalized spacial score (nSPS) is 19.4. The highest BCUT2D eigenvalue weighted by Crippen LogP contribution is 2.38. The molecule has 0 radical (unpaired) electrons. The number of hydrogen-bond donors (Lipinski definition) is 2. The van der Waals surface area contributed by atoms with E-state index in [0.717, 1.165) is 16.8 Å². The van der Waals surface area contributed by atoms with E-state index in [4.69, 9.17) is 0 Å². The Labute approximate surface area is 161 Å². The predicted molar refractivity (Wildman–Crippen MR) is 103 cm³/mol. The maximum Gasteiger partial charge on any atom is 0.240 e. The standard InChI is InChI=1S/C16H20N4O5S2/c1-10(21)17-13-5-7-14(8-6-13)27(24,25)9-16(4)20(12(3)23)19-15(26-16)18-11(2)22/h5-8H,9H2,1-4H3,(H,17,21)(H,18,19,22)/t16-/m0/s1. The second-order valence-electron chi connectivity index (χ2n) is 6.16. The van der Waals surface area contributed by atoms with Crippen molar-refractivity contribution in [3.05, 3.63) is 24.3 Å². The van der Waals surface area contributed by atoms with Crippen LogP contribution in [0.1, 0.15) is 27.7 Å². The van der Waals surface area contributed by atoms with Crippen molar-refractivity contribution in [2.45, 2.75) is 37.5 Å². The van der Waals surface area contributed by atoms with Gasteiger partial charge in [-0.2, -0.15) is 0 Å². The van der Waals surface area contributed by atoms with E-state index in [2.05, 4.69) is 15.7 Å². The second-order valence-corrected chi connectivity index (χ2v) is 9.62. The summed E-state index contributed by atoms with van der Waals surface area (Å²) in [5, 5.41) is 10.3. The monoisotopic (exact) mass is 412 g/mol. The first-order valence-electron chi connectivity index (χ1n) is 7.89. The van der Waals surface area contributed by atoms with E-state index in [0.29, 0.717) is 5.69 Å². The Morgan fingerprint density at radius 2 is 1.63 bits per heavy atom. The van der Waals surface area contributed by atoms with Gasteiger partial charge in [-0.05, 0) is 31.2 Å². The SMILES string of the molecule is CC(=O)NC1=NN(C(C)=O)[C@](C)(CS(=O)(=O)c2ccc(NC(C)=O)cc2)S1. The largest absolute Gasteiger partial charge is 0.326 e. The summed E-state index contributed by atoms with van der Waals surface area (Å²) in [6.07, 6.45) is 0. The molecule has 0 bridgehead atoms. The van der Waals surface area contributed by atoms with E-state index in [-0.39, 0.29) is 21.9 Å². The molecule has 0 saturated heterocycles. The Bertz CT molecular complexity index is 911. The van der Waals surface area contributed by atoms with Gasteiger partial charge in [-0.3, -0.25) is 14.4 Å². The van der Waals surface area contributed by atoms with Gasteiger partial charge in [0.1, 0.15) is 4.87 Å². The maximum atomic E-state index is 12.8. The zero-order valence-corrected chi connectivity index (χ0v) is 16.9. The lowest BCUT2D eigenvalue weighted by Gasteiger charge is -2.30. The van der Waals surface area contributed by atoms with Crippen molar-refractivity contribution >= 4 is 50.2 Å². The van der Waals surface area contributed by atoms with Gasteiger partial charge in [0.25, 0.3) is 0 Å². The van der Waals surface area contributed by atoms with Crippen LogP contribution in [0.25, 0.3) is 0 Å². The highest BCUT2D eigenvalue weighted by Gasteiger charge is 2.46. The number of amides is 3. The van der Waals surface area contributed by atoms with Crippen molar-refractivity contribution in [1.82, 2.24) is 10.3 Å². The molecule has 0 aliphatic carbocycles. The number of thioether (sulfide) groups is 1. The summed E-state index contributed by atoms with van der Waals surface area (Å²) < 4.78 is 25.7. The van der Waals surface area contributed by atoms with Gasteiger partial charge in [-0.1, -0.05) is 11.8 Å². The highest BCUT2D eigenvalue weighted by atomic mass is 32.2. The van der Waals surface area contributed by atoms with Crippen LogP contribution >= 0.6 is 11.8 Å². The molecule has 0 saturated carbocycles. The van der Waals surface area contributed by atoms with Crippen LogP contribution in [0.4, 0.5) is 5.69 Å². The predicted octanol–water partition coefficient (Wildman–Crippen LogP) is 1.14. The molecule has 146 valence electrons. The summed E-state index contributed by atoms with van der Waals surface area (Å²) in [6.45, 7) is 5.49. The third kappa shape index (κ3) is 5.07. The van der Waals surface area contributed by atoms with Crippen LogP contribution in [0.2, 0.25) is 0 Å². The molecule has 2 N–H and O–H groups in total. The Balaban J connectivity index is 2.26. The van der Waals surface area contributed by atoms with Crippen LogP contribution in [0.3, 0.4) is 0 Å². The molecule has 3 amide bonds. The van der Waals surface area contributed by atoms with E-state index in [1.54, 1.807) is 6.92 Å². The average molecular weight is 412 g/mol. The quantitative estimate of drug-likeness (QED) is 0.764. The van der Waals surface area contributed by atoms with E-state index in [1.807, 2.05) is 0 Å². The molecule has 1 aliphatic heterocycles. The second kappa shape index (κ2) is 7.69. The fourth-order valence-corrected chi connectivity index (χ4v) is 5.78. The molecule has 0 aromatic heterocycles. The van der Waals surface area contributed by atoms with Crippen LogP contribution in [0.15, 0.2) is 34.3 Å². The van der Waals surface area contributed by atoms with Crippen LogP contribution in [0, 0.1) is 0 Å². The minimum absolute atomic E-state index is 0.0508. The molecule has 2 rings (SSSR count). The molecule has 27 heavy (non-hydrogen) atoms. The number of sulfone groups is 1. The molecule has 9 nitrogen and oxygen atoms in total. The molecule has 0 spiro atoms. The van der Waals surface area contributed by atoms with Gasteiger partial charge in [0.15, 0.2) is 15.0 Å². The topological polar surface area (TPSA) is 125 Å². The molecular weight excluding hydrogens is 392 g/mol. The zero-order chi connectivity index (χ0) is 20.4.